The molecule has 0 atom stereocenters. The van der Waals surface area contributed by atoms with Crippen molar-refractivity contribution in [3.8, 4) is 11.4 Å². The Morgan fingerprint density at radius 3 is 2.96 bits per heavy atom. The van der Waals surface area contributed by atoms with E-state index in [1.54, 1.807) is 46.4 Å². The largest absolute Gasteiger partial charge is 0.321 e. The molecule has 0 unspecified atom stereocenters. The van der Waals surface area contributed by atoms with Gasteiger partial charge in [-0.2, -0.15) is 11.3 Å². The Kier molecular flexibility index (Phi) is 3.32. The number of fused-ring (bicyclic) bond motifs is 1. The van der Waals surface area contributed by atoms with Crippen LogP contribution >= 0.6 is 11.3 Å². The molecule has 23 heavy (non-hydrogen) atoms. The van der Waals surface area contributed by atoms with E-state index in [4.69, 9.17) is 0 Å². The van der Waals surface area contributed by atoms with Gasteiger partial charge in [0.2, 0.25) is 0 Å². The molecule has 0 aliphatic rings. The highest BCUT2D eigenvalue weighted by Gasteiger charge is 2.09. The molecule has 0 aliphatic carbocycles. The minimum Gasteiger partial charge on any atom is -0.321 e. The van der Waals surface area contributed by atoms with Crippen LogP contribution in [0.1, 0.15) is 10.4 Å². The second-order valence-electron chi connectivity index (χ2n) is 4.86. The number of hydrogen-bond acceptors (Lipinski definition) is 5. The molecule has 0 fully saturated rings. The Hall–Kier alpha value is -3.06. The number of carbonyl (C=O) groups is 1. The summed E-state index contributed by atoms with van der Waals surface area (Å²) >= 11 is 1.60. The van der Waals surface area contributed by atoms with Crippen LogP contribution in [-0.2, 0) is 0 Å². The molecule has 4 heterocycles. The summed E-state index contributed by atoms with van der Waals surface area (Å²) in [4.78, 5) is 20.6. The van der Waals surface area contributed by atoms with Gasteiger partial charge in [0.1, 0.15) is 0 Å². The zero-order valence-electron chi connectivity index (χ0n) is 11.9. The maximum atomic E-state index is 12.1. The maximum absolute atomic E-state index is 12.1. The van der Waals surface area contributed by atoms with Crippen LogP contribution in [0.2, 0.25) is 0 Å². The monoisotopic (exact) mass is 321 g/mol. The normalized spacial score (nSPS) is 10.8. The van der Waals surface area contributed by atoms with Crippen molar-refractivity contribution in [1.29, 1.82) is 0 Å². The molecule has 0 saturated heterocycles. The molecule has 4 aromatic heterocycles. The Labute approximate surface area is 135 Å². The topological polar surface area (TPSA) is 72.2 Å². The highest BCUT2D eigenvalue weighted by atomic mass is 32.1. The molecule has 6 nitrogen and oxygen atoms in total. The first-order chi connectivity index (χ1) is 11.3. The van der Waals surface area contributed by atoms with Gasteiger partial charge < -0.3 is 5.32 Å². The molecule has 0 aromatic carbocycles. The van der Waals surface area contributed by atoms with Gasteiger partial charge in [-0.3, -0.25) is 9.78 Å². The van der Waals surface area contributed by atoms with Crippen LogP contribution in [0.3, 0.4) is 0 Å². The summed E-state index contributed by atoms with van der Waals surface area (Å²) in [5, 5.41) is 11.3. The third-order valence-electron chi connectivity index (χ3n) is 3.29. The lowest BCUT2D eigenvalue weighted by molar-refractivity contribution is 0.102. The lowest BCUT2D eigenvalue weighted by Gasteiger charge is -2.04. The number of pyridine rings is 2. The van der Waals surface area contributed by atoms with Crippen molar-refractivity contribution in [2.75, 3.05) is 5.32 Å². The third kappa shape index (κ3) is 2.69. The Bertz CT molecular complexity index is 963. The third-order valence-corrected chi connectivity index (χ3v) is 3.98. The predicted octanol–water partition coefficient (Wildman–Crippen LogP) is 3.11. The van der Waals surface area contributed by atoms with Gasteiger partial charge in [-0.25, -0.2) is 9.50 Å². The van der Waals surface area contributed by atoms with E-state index < -0.39 is 0 Å². The molecule has 1 N–H and O–H groups in total. The zero-order valence-corrected chi connectivity index (χ0v) is 12.7. The van der Waals surface area contributed by atoms with Crippen LogP contribution in [-0.4, -0.2) is 25.5 Å². The predicted molar refractivity (Wildman–Crippen MR) is 88.5 cm³/mol. The zero-order chi connectivity index (χ0) is 15.6. The van der Waals surface area contributed by atoms with E-state index in [9.17, 15) is 4.79 Å². The molecule has 4 rings (SSSR count). The molecule has 4 aromatic rings. The highest BCUT2D eigenvalue weighted by molar-refractivity contribution is 7.08. The summed E-state index contributed by atoms with van der Waals surface area (Å²) in [6, 6.07) is 9.04. The highest BCUT2D eigenvalue weighted by Crippen LogP contribution is 2.20. The summed E-state index contributed by atoms with van der Waals surface area (Å²) < 4.78 is 1.66. The van der Waals surface area contributed by atoms with Crippen LogP contribution in [0.4, 0.5) is 5.69 Å². The summed E-state index contributed by atoms with van der Waals surface area (Å²) in [6.07, 6.45) is 4.90. The van der Waals surface area contributed by atoms with Gasteiger partial charge in [0.15, 0.2) is 11.5 Å². The van der Waals surface area contributed by atoms with Gasteiger partial charge in [-0.05, 0) is 35.7 Å². The average molecular weight is 321 g/mol. The van der Waals surface area contributed by atoms with E-state index in [0.717, 1.165) is 11.2 Å². The standard InChI is InChI=1S/C16H11N5OS/c22-16(11-2-1-6-17-8-11)18-13-3-4-14-19-15(20-21(14)9-13)12-5-7-23-10-12/h1-10H,(H,18,22). The van der Waals surface area contributed by atoms with Crippen LogP contribution in [0.25, 0.3) is 17.0 Å². The number of amides is 1. The van der Waals surface area contributed by atoms with E-state index in [0.29, 0.717) is 17.1 Å². The first-order valence-corrected chi connectivity index (χ1v) is 7.84. The molecule has 0 saturated carbocycles. The van der Waals surface area contributed by atoms with Crippen LogP contribution in [0.15, 0.2) is 59.7 Å². The van der Waals surface area contributed by atoms with Crippen molar-refractivity contribution < 1.29 is 4.79 Å². The fourth-order valence-electron chi connectivity index (χ4n) is 2.17. The fraction of sp³-hybridized carbons (Fsp3) is 0. The van der Waals surface area contributed by atoms with Gasteiger partial charge in [0, 0.05) is 23.3 Å². The van der Waals surface area contributed by atoms with Gasteiger partial charge in [-0.1, -0.05) is 0 Å². The van der Waals surface area contributed by atoms with E-state index in [2.05, 4.69) is 20.4 Å². The van der Waals surface area contributed by atoms with Crippen molar-refractivity contribution in [3.63, 3.8) is 0 Å². The summed E-state index contributed by atoms with van der Waals surface area (Å²) in [5.74, 6) is 0.456. The van der Waals surface area contributed by atoms with Gasteiger partial charge in [0.25, 0.3) is 5.91 Å². The van der Waals surface area contributed by atoms with Crippen molar-refractivity contribution >= 4 is 28.6 Å². The number of anilines is 1. The van der Waals surface area contributed by atoms with Crippen molar-refractivity contribution in [3.05, 3.63) is 65.2 Å². The number of hydrogen-bond donors (Lipinski definition) is 1. The smallest absolute Gasteiger partial charge is 0.257 e. The van der Waals surface area contributed by atoms with Crippen molar-refractivity contribution in [2.45, 2.75) is 0 Å². The molecule has 0 radical (unpaired) electrons. The Morgan fingerprint density at radius 1 is 1.22 bits per heavy atom. The maximum Gasteiger partial charge on any atom is 0.257 e. The molecule has 7 heteroatoms. The minimum absolute atomic E-state index is 0.212. The van der Waals surface area contributed by atoms with E-state index in [1.807, 2.05) is 22.9 Å². The molecule has 1 amide bonds. The number of nitrogens with one attached hydrogen (secondary N) is 1. The Balaban J connectivity index is 1.63. The van der Waals surface area contributed by atoms with Gasteiger partial charge in [-0.15, -0.1) is 5.10 Å². The first-order valence-electron chi connectivity index (χ1n) is 6.90. The van der Waals surface area contributed by atoms with E-state index in [-0.39, 0.29) is 5.91 Å². The summed E-state index contributed by atoms with van der Waals surface area (Å²) in [7, 11) is 0. The SMILES string of the molecule is O=C(Nc1ccc2nc(-c3ccsc3)nn2c1)c1cccnc1. The molecular formula is C16H11N5OS. The van der Waals surface area contributed by atoms with E-state index >= 15 is 0 Å². The number of nitrogens with zero attached hydrogens (tertiary/aromatic N) is 4. The first kappa shape index (κ1) is 13.6. The fourth-order valence-corrected chi connectivity index (χ4v) is 2.81. The number of carbonyl (C=O) groups excluding carboxylic acids is 1. The number of rotatable bonds is 3. The molecule has 112 valence electrons. The van der Waals surface area contributed by atoms with Crippen LogP contribution < -0.4 is 5.32 Å². The number of aromatic nitrogens is 4. The van der Waals surface area contributed by atoms with Gasteiger partial charge in [0.05, 0.1) is 17.4 Å². The summed E-state index contributed by atoms with van der Waals surface area (Å²) in [5.41, 5.74) is 2.86. The van der Waals surface area contributed by atoms with Crippen LogP contribution in [0.5, 0.6) is 0 Å². The average Bonchev–Trinajstić information content (AvgIpc) is 3.24. The second kappa shape index (κ2) is 5.62. The van der Waals surface area contributed by atoms with Crippen LogP contribution in [0, 0.1) is 0 Å². The lowest BCUT2D eigenvalue weighted by atomic mass is 10.2. The van der Waals surface area contributed by atoms with Crippen molar-refractivity contribution in [1.82, 2.24) is 19.6 Å². The van der Waals surface area contributed by atoms with Crippen molar-refractivity contribution in [2.24, 2.45) is 0 Å². The Morgan fingerprint density at radius 2 is 2.17 bits per heavy atom. The minimum atomic E-state index is -0.212. The lowest BCUT2D eigenvalue weighted by Crippen LogP contribution is -2.12. The number of thiophene rings is 1. The van der Waals surface area contributed by atoms with Gasteiger partial charge >= 0.3 is 0 Å². The molecule has 0 aliphatic heterocycles. The second-order valence-corrected chi connectivity index (χ2v) is 5.64. The quantitative estimate of drug-likeness (QED) is 0.629. The molecule has 0 spiro atoms. The van der Waals surface area contributed by atoms with E-state index in [1.165, 1.54) is 6.20 Å². The summed E-state index contributed by atoms with van der Waals surface area (Å²) in [6.45, 7) is 0. The molecule has 0 bridgehead atoms. The molecular weight excluding hydrogens is 310 g/mol.